The minimum Gasteiger partial charge on any atom is -0.465 e. The minimum atomic E-state index is -0.356. The van der Waals surface area contributed by atoms with Crippen LogP contribution in [0.5, 0.6) is 0 Å². The predicted octanol–water partition coefficient (Wildman–Crippen LogP) is 1.59. The molecular weight excluding hydrogens is 218 g/mol. The van der Waals surface area contributed by atoms with E-state index in [4.69, 9.17) is 0 Å². The molecule has 1 fully saturated rings. The van der Waals surface area contributed by atoms with E-state index in [1.165, 1.54) is 7.11 Å². The van der Waals surface area contributed by atoms with Crippen LogP contribution in [-0.2, 0) is 11.3 Å². The normalized spacial score (nSPS) is 18.2. The summed E-state index contributed by atoms with van der Waals surface area (Å²) in [5.41, 5.74) is 2.17. The van der Waals surface area contributed by atoms with E-state index in [0.29, 0.717) is 18.2 Å². The highest BCUT2D eigenvalue weighted by molar-refractivity contribution is 6.00. The largest absolute Gasteiger partial charge is 0.465 e. The molecule has 0 saturated heterocycles. The first-order chi connectivity index (χ1) is 8.20. The van der Waals surface area contributed by atoms with Gasteiger partial charge in [-0.15, -0.1) is 0 Å². The summed E-state index contributed by atoms with van der Waals surface area (Å²) >= 11 is 0. The maximum atomic E-state index is 12.0. The molecule has 4 nitrogen and oxygen atoms in total. The zero-order chi connectivity index (χ0) is 12.0. The Labute approximate surface area is 99.2 Å². The molecule has 0 unspecified atom stereocenters. The minimum absolute atomic E-state index is 0.0962. The lowest BCUT2D eigenvalue weighted by molar-refractivity contribution is 0.0600. The fourth-order valence-electron chi connectivity index (χ4n) is 2.27. The molecule has 1 aliphatic carbocycles. The summed E-state index contributed by atoms with van der Waals surface area (Å²) in [6.07, 6.45) is 2.20. The van der Waals surface area contributed by atoms with Crippen molar-refractivity contribution in [1.29, 1.82) is 0 Å². The van der Waals surface area contributed by atoms with Crippen LogP contribution in [0.25, 0.3) is 0 Å². The highest BCUT2D eigenvalue weighted by atomic mass is 16.5. The van der Waals surface area contributed by atoms with Gasteiger partial charge >= 0.3 is 5.97 Å². The third kappa shape index (κ3) is 1.60. The summed E-state index contributed by atoms with van der Waals surface area (Å²) in [5, 5.41) is 0. The number of esters is 1. The number of amides is 1. The third-order valence-electron chi connectivity index (χ3n) is 3.35. The van der Waals surface area contributed by atoms with Crippen LogP contribution in [0.4, 0.5) is 0 Å². The lowest BCUT2D eigenvalue weighted by Crippen LogP contribution is -2.25. The van der Waals surface area contributed by atoms with E-state index in [1.54, 1.807) is 18.2 Å². The molecule has 88 valence electrons. The van der Waals surface area contributed by atoms with Gasteiger partial charge in [-0.1, -0.05) is 0 Å². The Morgan fingerprint density at radius 2 is 2.18 bits per heavy atom. The smallest absolute Gasteiger partial charge is 0.337 e. The van der Waals surface area contributed by atoms with Crippen molar-refractivity contribution in [2.75, 3.05) is 7.11 Å². The van der Waals surface area contributed by atoms with Gasteiger partial charge in [0.2, 0.25) is 0 Å². The number of hydrogen-bond donors (Lipinski definition) is 0. The van der Waals surface area contributed by atoms with Gasteiger partial charge in [-0.25, -0.2) is 4.79 Å². The molecule has 0 radical (unpaired) electrons. The Bertz CT molecular complexity index is 505. The number of nitrogens with zero attached hydrogens (tertiary/aromatic N) is 1. The Morgan fingerprint density at radius 3 is 2.82 bits per heavy atom. The second-order valence-electron chi connectivity index (χ2n) is 4.53. The van der Waals surface area contributed by atoms with Crippen molar-refractivity contribution in [3.63, 3.8) is 0 Å². The molecule has 1 saturated carbocycles. The maximum Gasteiger partial charge on any atom is 0.337 e. The van der Waals surface area contributed by atoms with Crippen LogP contribution in [0, 0.1) is 0 Å². The number of ether oxygens (including phenoxy) is 1. The summed E-state index contributed by atoms with van der Waals surface area (Å²) in [7, 11) is 1.36. The van der Waals surface area contributed by atoms with Gasteiger partial charge in [0.15, 0.2) is 0 Å². The van der Waals surface area contributed by atoms with Crippen molar-refractivity contribution in [1.82, 2.24) is 4.90 Å². The van der Waals surface area contributed by atoms with Crippen LogP contribution >= 0.6 is 0 Å². The van der Waals surface area contributed by atoms with Crippen LogP contribution in [0.15, 0.2) is 18.2 Å². The van der Waals surface area contributed by atoms with Gasteiger partial charge in [0.1, 0.15) is 0 Å². The fourth-order valence-corrected chi connectivity index (χ4v) is 2.27. The zero-order valence-electron chi connectivity index (χ0n) is 9.60. The van der Waals surface area contributed by atoms with Crippen molar-refractivity contribution in [2.45, 2.75) is 25.4 Å². The lowest BCUT2D eigenvalue weighted by atomic mass is 10.1. The second kappa shape index (κ2) is 3.58. The molecular formula is C13H13NO3. The average Bonchev–Trinajstić information content (AvgIpc) is 3.14. The van der Waals surface area contributed by atoms with E-state index in [2.05, 4.69) is 4.74 Å². The number of hydrogen-bond acceptors (Lipinski definition) is 3. The molecule has 1 aromatic rings. The van der Waals surface area contributed by atoms with Crippen molar-refractivity contribution in [2.24, 2.45) is 0 Å². The Balaban J connectivity index is 1.94. The number of benzene rings is 1. The molecule has 1 aliphatic heterocycles. The number of fused-ring (bicyclic) bond motifs is 1. The average molecular weight is 231 g/mol. The van der Waals surface area contributed by atoms with Gasteiger partial charge in [0.05, 0.1) is 12.7 Å². The number of carbonyl (C=O) groups is 2. The highest BCUT2D eigenvalue weighted by Crippen LogP contribution is 2.34. The third-order valence-corrected chi connectivity index (χ3v) is 3.35. The zero-order valence-corrected chi connectivity index (χ0v) is 9.60. The van der Waals surface area contributed by atoms with Gasteiger partial charge < -0.3 is 9.64 Å². The Kier molecular flexibility index (Phi) is 2.18. The van der Waals surface area contributed by atoms with E-state index in [-0.39, 0.29) is 11.9 Å². The van der Waals surface area contributed by atoms with Crippen LogP contribution in [0.1, 0.15) is 39.1 Å². The highest BCUT2D eigenvalue weighted by Gasteiger charge is 2.38. The van der Waals surface area contributed by atoms with Crippen molar-refractivity contribution < 1.29 is 14.3 Å². The first kappa shape index (κ1) is 10.3. The first-order valence-electron chi connectivity index (χ1n) is 5.73. The molecule has 1 aromatic carbocycles. The maximum absolute atomic E-state index is 12.0. The van der Waals surface area contributed by atoms with E-state index in [0.717, 1.165) is 24.0 Å². The topological polar surface area (TPSA) is 46.6 Å². The van der Waals surface area contributed by atoms with E-state index in [1.807, 2.05) is 4.90 Å². The number of rotatable bonds is 2. The van der Waals surface area contributed by atoms with E-state index in [9.17, 15) is 9.59 Å². The summed E-state index contributed by atoms with van der Waals surface area (Å²) < 4.78 is 4.67. The van der Waals surface area contributed by atoms with Gasteiger partial charge in [0.25, 0.3) is 5.91 Å². The Morgan fingerprint density at radius 1 is 1.41 bits per heavy atom. The van der Waals surface area contributed by atoms with Crippen LogP contribution < -0.4 is 0 Å². The molecule has 4 heteroatoms. The molecule has 0 atom stereocenters. The van der Waals surface area contributed by atoms with Crippen molar-refractivity contribution >= 4 is 11.9 Å². The van der Waals surface area contributed by atoms with Crippen molar-refractivity contribution in [3.8, 4) is 0 Å². The first-order valence-corrected chi connectivity index (χ1v) is 5.73. The van der Waals surface area contributed by atoms with Gasteiger partial charge in [-0.3, -0.25) is 4.79 Å². The van der Waals surface area contributed by atoms with E-state index >= 15 is 0 Å². The number of methoxy groups -OCH3 is 1. The molecule has 0 bridgehead atoms. The Hall–Kier alpha value is -1.84. The molecule has 1 amide bonds. The predicted molar refractivity (Wildman–Crippen MR) is 60.7 cm³/mol. The summed E-state index contributed by atoms with van der Waals surface area (Å²) in [5.74, 6) is -0.260. The van der Waals surface area contributed by atoms with Crippen LogP contribution in [0.3, 0.4) is 0 Å². The molecule has 0 spiro atoms. The summed E-state index contributed by atoms with van der Waals surface area (Å²) in [6.45, 7) is 0.629. The monoisotopic (exact) mass is 231 g/mol. The van der Waals surface area contributed by atoms with E-state index < -0.39 is 0 Å². The van der Waals surface area contributed by atoms with Gasteiger partial charge in [-0.2, -0.15) is 0 Å². The van der Waals surface area contributed by atoms with Crippen molar-refractivity contribution in [3.05, 3.63) is 34.9 Å². The molecule has 2 aliphatic rings. The summed E-state index contributed by atoms with van der Waals surface area (Å²) in [6, 6.07) is 5.56. The quantitative estimate of drug-likeness (QED) is 0.726. The van der Waals surface area contributed by atoms with Crippen LogP contribution in [0.2, 0.25) is 0 Å². The van der Waals surface area contributed by atoms with Crippen LogP contribution in [-0.4, -0.2) is 29.9 Å². The molecule has 3 rings (SSSR count). The lowest BCUT2D eigenvalue weighted by Gasteiger charge is -2.13. The second-order valence-corrected chi connectivity index (χ2v) is 4.53. The summed E-state index contributed by atoms with van der Waals surface area (Å²) in [4.78, 5) is 25.3. The van der Waals surface area contributed by atoms with Gasteiger partial charge in [-0.05, 0) is 36.6 Å². The molecule has 0 N–H and O–H groups in total. The molecule has 0 aromatic heterocycles. The molecule has 1 heterocycles. The molecule has 17 heavy (non-hydrogen) atoms. The SMILES string of the molecule is COC(=O)c1ccc2c(c1)CN(C1CC1)C2=O. The number of carbonyl (C=O) groups excluding carboxylic acids is 2. The standard InChI is InChI=1S/C13H13NO3/c1-17-13(16)8-2-5-11-9(6-8)7-14(12(11)15)10-3-4-10/h2,5-6,10H,3-4,7H2,1H3. The van der Waals surface area contributed by atoms with Gasteiger partial charge in [0, 0.05) is 18.2 Å². The fraction of sp³-hybridized carbons (Fsp3) is 0.385.